The number of hydrogen-bond donors (Lipinski definition) is 4. The maximum Gasteiger partial charge on any atom is 0.407 e. The van der Waals surface area contributed by atoms with Crippen molar-refractivity contribution in [1.29, 1.82) is 0 Å². The fourth-order valence-corrected chi connectivity index (χ4v) is 6.43. The largest absolute Gasteiger partial charge is 0.462 e. The number of ether oxygens (including phenoxy) is 2. The number of amides is 3. The van der Waals surface area contributed by atoms with Crippen LogP contribution in [0.3, 0.4) is 0 Å². The lowest BCUT2D eigenvalue weighted by Gasteiger charge is -2.32. The van der Waals surface area contributed by atoms with E-state index in [1.54, 1.807) is 19.1 Å². The molecule has 0 spiro atoms. The summed E-state index contributed by atoms with van der Waals surface area (Å²) in [4.78, 5) is 52.2. The van der Waals surface area contributed by atoms with E-state index in [1.807, 2.05) is 36.4 Å². The number of aliphatic hydroxyl groups is 1. The highest BCUT2D eigenvalue weighted by atomic mass is 16.6. The highest BCUT2D eigenvalue weighted by molar-refractivity contribution is 5.87. The summed E-state index contributed by atoms with van der Waals surface area (Å²) in [5.41, 5.74) is 3.63. The first-order valence-electron chi connectivity index (χ1n) is 16.4. The molecule has 2 aromatic carbocycles. The van der Waals surface area contributed by atoms with Crippen molar-refractivity contribution >= 4 is 23.9 Å². The summed E-state index contributed by atoms with van der Waals surface area (Å²) < 4.78 is 11.4. The fourth-order valence-electron chi connectivity index (χ4n) is 6.43. The summed E-state index contributed by atoms with van der Waals surface area (Å²) in [5, 5.41) is 17.7. The topological polar surface area (TPSA) is 143 Å². The predicted molar refractivity (Wildman–Crippen MR) is 179 cm³/mol. The smallest absolute Gasteiger partial charge is 0.407 e. The molecule has 0 saturated heterocycles. The molecule has 3 amide bonds. The zero-order valence-corrected chi connectivity index (χ0v) is 27.2. The van der Waals surface area contributed by atoms with Crippen LogP contribution >= 0.6 is 0 Å². The Kier molecular flexibility index (Phi) is 12.8. The van der Waals surface area contributed by atoms with Crippen LogP contribution in [0.25, 0.3) is 11.1 Å². The van der Waals surface area contributed by atoms with Crippen LogP contribution in [0.2, 0.25) is 0 Å². The quantitative estimate of drug-likeness (QED) is 0.141. The number of hydrogen-bond acceptors (Lipinski definition) is 7. The van der Waals surface area contributed by atoms with Crippen LogP contribution in [0, 0.1) is 5.92 Å². The Balaban J connectivity index is 1.36. The minimum absolute atomic E-state index is 0.0637. The Morgan fingerprint density at radius 1 is 0.957 bits per heavy atom. The number of nitrogens with one attached hydrogen (secondary N) is 3. The summed E-state index contributed by atoms with van der Waals surface area (Å²) in [7, 11) is 0. The normalized spacial score (nSPS) is 16.5. The molecule has 47 heavy (non-hydrogen) atoms. The average molecular weight is 646 g/mol. The van der Waals surface area contributed by atoms with Crippen molar-refractivity contribution in [2.45, 2.75) is 81.8 Å². The third kappa shape index (κ3) is 9.32. The Morgan fingerprint density at radius 2 is 1.60 bits per heavy atom. The lowest BCUT2D eigenvalue weighted by molar-refractivity contribution is -0.149. The first-order chi connectivity index (χ1) is 22.7. The zero-order chi connectivity index (χ0) is 33.8. The highest BCUT2D eigenvalue weighted by Gasteiger charge is 2.39. The first-order valence-corrected chi connectivity index (χ1v) is 16.4. The number of carbonyl (C=O) groups excluding carboxylic acids is 4. The predicted octanol–water partition coefficient (Wildman–Crippen LogP) is 4.91. The third-order valence-electron chi connectivity index (χ3n) is 8.95. The maximum absolute atomic E-state index is 13.4. The van der Waals surface area contributed by atoms with Crippen molar-refractivity contribution in [1.82, 2.24) is 16.0 Å². The Labute approximate surface area is 277 Å². The molecule has 1 fully saturated rings. The second-order valence-corrected chi connectivity index (χ2v) is 12.5. The minimum Gasteiger partial charge on any atom is -0.462 e. The number of rotatable bonds is 17. The molecule has 4 N–H and O–H groups in total. The molecule has 3 atom stereocenters. The summed E-state index contributed by atoms with van der Waals surface area (Å²) >= 11 is 0. The van der Waals surface area contributed by atoms with Crippen LogP contribution in [0.5, 0.6) is 0 Å². The first kappa shape index (κ1) is 35.4. The average Bonchev–Trinajstić information content (AvgIpc) is 3.66. The minimum atomic E-state index is -0.969. The van der Waals surface area contributed by atoms with Crippen LogP contribution in [0.4, 0.5) is 4.79 Å². The molecule has 0 aliphatic heterocycles. The molecular formula is C37H47N3O7. The number of alkyl carbamates (subject to hydrolysis) is 1. The molecule has 2 aliphatic rings. The van der Waals surface area contributed by atoms with Gasteiger partial charge in [0, 0.05) is 18.4 Å². The summed E-state index contributed by atoms with van der Waals surface area (Å²) in [5.74, 6) is -2.07. The summed E-state index contributed by atoms with van der Waals surface area (Å²) in [6.45, 7) is 8.98. The molecule has 4 rings (SSSR count). The summed E-state index contributed by atoms with van der Waals surface area (Å²) in [6.07, 6.45) is 6.40. The fraction of sp³-hybridized carbons (Fsp3) is 0.459. The van der Waals surface area contributed by atoms with Crippen molar-refractivity contribution in [2.24, 2.45) is 5.92 Å². The molecule has 0 radical (unpaired) electrons. The van der Waals surface area contributed by atoms with E-state index in [0.29, 0.717) is 19.3 Å². The monoisotopic (exact) mass is 645 g/mol. The van der Waals surface area contributed by atoms with E-state index >= 15 is 0 Å². The molecule has 0 aromatic heterocycles. The standard InChI is InChI=1S/C37H47N3O7/c1-4-6-18-32(39-36(45)46-23-31-29-16-9-7-14-27(29)28-15-8-10-17-30(28)31)35(44)47-24-37(19-11-12-20-37)40-34(43)26(13-5-2)21-33(42)38-25(3)22-41/h4-5,7-10,14-17,25-26,31-32,41H,1-2,6,11-13,18-24H2,3H3,(H,38,42)(H,39,45)(H,40,43). The van der Waals surface area contributed by atoms with E-state index in [4.69, 9.17) is 9.47 Å². The summed E-state index contributed by atoms with van der Waals surface area (Å²) in [6, 6.07) is 14.7. The number of allylic oxidation sites excluding steroid dienone is 2. The van der Waals surface area contributed by atoms with E-state index in [-0.39, 0.29) is 56.8 Å². The van der Waals surface area contributed by atoms with Crippen molar-refractivity contribution in [2.75, 3.05) is 19.8 Å². The van der Waals surface area contributed by atoms with Crippen LogP contribution in [0.15, 0.2) is 73.8 Å². The van der Waals surface area contributed by atoms with Gasteiger partial charge in [-0.25, -0.2) is 9.59 Å². The van der Waals surface area contributed by atoms with Crippen LogP contribution in [-0.2, 0) is 23.9 Å². The molecular weight excluding hydrogens is 598 g/mol. The number of aliphatic hydroxyl groups excluding tert-OH is 1. The van der Waals surface area contributed by atoms with Crippen LogP contribution in [0.1, 0.15) is 75.3 Å². The van der Waals surface area contributed by atoms with Gasteiger partial charge in [-0.3, -0.25) is 9.59 Å². The molecule has 0 bridgehead atoms. The highest BCUT2D eigenvalue weighted by Crippen LogP contribution is 2.44. The number of benzene rings is 2. The Morgan fingerprint density at radius 3 is 2.19 bits per heavy atom. The third-order valence-corrected chi connectivity index (χ3v) is 8.95. The van der Waals surface area contributed by atoms with Crippen molar-refractivity contribution in [3.8, 4) is 11.1 Å². The van der Waals surface area contributed by atoms with Crippen molar-refractivity contribution < 1.29 is 33.8 Å². The van der Waals surface area contributed by atoms with E-state index in [9.17, 15) is 24.3 Å². The van der Waals surface area contributed by atoms with Gasteiger partial charge in [-0.1, -0.05) is 73.5 Å². The molecule has 0 heterocycles. The van der Waals surface area contributed by atoms with E-state index in [2.05, 4.69) is 41.2 Å². The van der Waals surface area contributed by atoms with Crippen LogP contribution < -0.4 is 16.0 Å². The molecule has 3 unspecified atom stereocenters. The van der Waals surface area contributed by atoms with Crippen molar-refractivity contribution in [3.63, 3.8) is 0 Å². The van der Waals surface area contributed by atoms with Gasteiger partial charge in [0.2, 0.25) is 11.8 Å². The van der Waals surface area contributed by atoms with Gasteiger partial charge in [-0.05, 0) is 61.3 Å². The molecule has 2 aliphatic carbocycles. The molecule has 1 saturated carbocycles. The second kappa shape index (κ2) is 16.9. The number of fused-ring (bicyclic) bond motifs is 3. The second-order valence-electron chi connectivity index (χ2n) is 12.5. The van der Waals surface area contributed by atoms with Crippen LogP contribution in [-0.4, -0.2) is 66.4 Å². The maximum atomic E-state index is 13.4. The van der Waals surface area contributed by atoms with Crippen molar-refractivity contribution in [3.05, 3.63) is 85.0 Å². The van der Waals surface area contributed by atoms with Gasteiger partial charge in [-0.2, -0.15) is 0 Å². The molecule has 10 heteroatoms. The Bertz CT molecular complexity index is 1390. The SMILES string of the molecule is C=CCCC(NC(=O)OCC1c2ccccc2-c2ccccc21)C(=O)OCC1(NC(=O)C(CC=C)CC(=O)NC(C)CO)CCCC1. The Hall–Kier alpha value is -4.44. The van der Waals surface area contributed by atoms with Gasteiger partial charge in [0.1, 0.15) is 19.3 Å². The number of esters is 1. The molecule has 252 valence electrons. The molecule has 2 aromatic rings. The lowest BCUT2D eigenvalue weighted by Crippen LogP contribution is -2.53. The van der Waals surface area contributed by atoms with E-state index in [1.165, 1.54) is 0 Å². The number of carbonyl (C=O) groups is 4. The zero-order valence-electron chi connectivity index (χ0n) is 27.2. The van der Waals surface area contributed by atoms with Gasteiger partial charge in [-0.15, -0.1) is 13.2 Å². The lowest BCUT2D eigenvalue weighted by atomic mass is 9.94. The molecule has 10 nitrogen and oxygen atoms in total. The van der Waals surface area contributed by atoms with Gasteiger partial charge < -0.3 is 30.5 Å². The van der Waals surface area contributed by atoms with Gasteiger partial charge in [0.05, 0.1) is 18.1 Å². The van der Waals surface area contributed by atoms with E-state index in [0.717, 1.165) is 35.1 Å². The van der Waals surface area contributed by atoms with Gasteiger partial charge >= 0.3 is 12.1 Å². The van der Waals surface area contributed by atoms with Gasteiger partial charge in [0.15, 0.2) is 0 Å². The van der Waals surface area contributed by atoms with E-state index < -0.39 is 35.6 Å². The van der Waals surface area contributed by atoms with Gasteiger partial charge in [0.25, 0.3) is 0 Å².